The fourth-order valence-electron chi connectivity index (χ4n) is 2.85. The van der Waals surface area contributed by atoms with Gasteiger partial charge in [0.05, 0.1) is 5.52 Å². The summed E-state index contributed by atoms with van der Waals surface area (Å²) in [5.74, 6) is 0. The summed E-state index contributed by atoms with van der Waals surface area (Å²) in [6.07, 6.45) is 2.12. The van der Waals surface area contributed by atoms with Gasteiger partial charge in [0.2, 0.25) is 0 Å². The number of para-hydroxylation sites is 1. The molecular weight excluding hydrogens is 284 g/mol. The minimum absolute atomic E-state index is 0.00218. The van der Waals surface area contributed by atoms with E-state index in [9.17, 15) is 4.79 Å². The molecule has 23 heavy (non-hydrogen) atoms. The Balaban J connectivity index is 1.57. The molecule has 0 atom stereocenters. The van der Waals surface area contributed by atoms with Gasteiger partial charge >= 0.3 is 0 Å². The van der Waals surface area contributed by atoms with Crippen molar-refractivity contribution in [3.8, 4) is 0 Å². The lowest BCUT2D eigenvalue weighted by atomic mass is 10.1. The molecule has 0 aliphatic heterocycles. The number of aromatic amines is 1. The van der Waals surface area contributed by atoms with Crippen molar-refractivity contribution < 1.29 is 0 Å². The van der Waals surface area contributed by atoms with E-state index in [1.165, 1.54) is 5.56 Å². The number of aryl methyl sites for hydroxylation is 2. The Morgan fingerprint density at radius 1 is 1.04 bits per heavy atom. The molecule has 1 aromatic heterocycles. The quantitative estimate of drug-likeness (QED) is 0.684. The molecule has 0 unspecified atom stereocenters. The van der Waals surface area contributed by atoms with Crippen LogP contribution in [-0.4, -0.2) is 11.5 Å². The maximum Gasteiger partial charge on any atom is 0.252 e. The highest BCUT2D eigenvalue weighted by Gasteiger charge is 2.04. The number of nitrogens with one attached hydrogen (secondary N) is 2. The Morgan fingerprint density at radius 3 is 2.70 bits per heavy atom. The summed E-state index contributed by atoms with van der Waals surface area (Å²) in [6, 6.07) is 18.5. The number of fused-ring (bicyclic) bond motifs is 1. The van der Waals surface area contributed by atoms with Crippen molar-refractivity contribution in [2.45, 2.75) is 26.3 Å². The Kier molecular flexibility index (Phi) is 4.89. The van der Waals surface area contributed by atoms with Crippen LogP contribution in [0.25, 0.3) is 10.9 Å². The summed E-state index contributed by atoms with van der Waals surface area (Å²) in [7, 11) is 0. The molecule has 3 rings (SSSR count). The molecule has 0 fully saturated rings. The second-order valence-corrected chi connectivity index (χ2v) is 5.93. The van der Waals surface area contributed by atoms with E-state index in [4.69, 9.17) is 0 Å². The lowest BCUT2D eigenvalue weighted by Gasteiger charge is -2.07. The molecule has 0 saturated heterocycles. The van der Waals surface area contributed by atoms with Gasteiger partial charge in [0.25, 0.3) is 5.56 Å². The zero-order chi connectivity index (χ0) is 16.1. The number of rotatable bonds is 6. The number of benzene rings is 2. The molecule has 0 bridgehead atoms. The van der Waals surface area contributed by atoms with Gasteiger partial charge in [0, 0.05) is 12.1 Å². The molecular formula is C20H22N2O. The van der Waals surface area contributed by atoms with Gasteiger partial charge in [-0.2, -0.15) is 0 Å². The number of pyridine rings is 1. The van der Waals surface area contributed by atoms with Crippen LogP contribution in [0.2, 0.25) is 0 Å². The van der Waals surface area contributed by atoms with Gasteiger partial charge in [-0.3, -0.25) is 4.79 Å². The monoisotopic (exact) mass is 306 g/mol. The zero-order valence-corrected chi connectivity index (χ0v) is 13.4. The summed E-state index contributed by atoms with van der Waals surface area (Å²) in [4.78, 5) is 15.2. The van der Waals surface area contributed by atoms with Crippen molar-refractivity contribution in [2.75, 3.05) is 6.54 Å². The predicted molar refractivity (Wildman–Crippen MR) is 95.8 cm³/mol. The first-order valence-corrected chi connectivity index (χ1v) is 8.10. The second kappa shape index (κ2) is 7.25. The summed E-state index contributed by atoms with van der Waals surface area (Å²) in [6.45, 7) is 3.52. The van der Waals surface area contributed by atoms with Crippen LogP contribution >= 0.6 is 0 Å². The molecule has 0 amide bonds. The van der Waals surface area contributed by atoms with E-state index < -0.39 is 0 Å². The molecule has 0 spiro atoms. The molecule has 2 aromatic carbocycles. The molecule has 1 heterocycles. The lowest BCUT2D eigenvalue weighted by Crippen LogP contribution is -2.22. The number of aromatic nitrogens is 1. The van der Waals surface area contributed by atoms with Crippen LogP contribution in [0.4, 0.5) is 0 Å². The van der Waals surface area contributed by atoms with Crippen LogP contribution in [0.5, 0.6) is 0 Å². The standard InChI is InChI=1S/C20H22N2O/c1-15-7-5-11-17-13-18(20(23)22-19(15)17)14-21-12-6-10-16-8-3-2-4-9-16/h2-5,7-9,11,13,21H,6,10,12,14H2,1H3,(H,22,23). The van der Waals surface area contributed by atoms with E-state index >= 15 is 0 Å². The van der Waals surface area contributed by atoms with Crippen molar-refractivity contribution in [1.29, 1.82) is 0 Å². The summed E-state index contributed by atoms with van der Waals surface area (Å²) >= 11 is 0. The van der Waals surface area contributed by atoms with Crippen molar-refractivity contribution in [3.05, 3.63) is 81.6 Å². The van der Waals surface area contributed by atoms with Crippen molar-refractivity contribution in [2.24, 2.45) is 0 Å². The molecule has 3 aromatic rings. The minimum Gasteiger partial charge on any atom is -0.321 e. The van der Waals surface area contributed by atoms with Crippen molar-refractivity contribution >= 4 is 10.9 Å². The average Bonchev–Trinajstić information content (AvgIpc) is 2.57. The molecule has 3 nitrogen and oxygen atoms in total. The number of H-pyrrole nitrogens is 1. The van der Waals surface area contributed by atoms with Gasteiger partial charge in [-0.25, -0.2) is 0 Å². The SMILES string of the molecule is Cc1cccc2cc(CNCCCc3ccccc3)c(=O)[nH]c12. The first kappa shape index (κ1) is 15.5. The Hall–Kier alpha value is -2.39. The van der Waals surface area contributed by atoms with E-state index in [1.807, 2.05) is 37.3 Å². The molecule has 3 heteroatoms. The zero-order valence-electron chi connectivity index (χ0n) is 13.4. The van der Waals surface area contributed by atoms with Gasteiger partial charge in [0.15, 0.2) is 0 Å². The summed E-state index contributed by atoms with van der Waals surface area (Å²) in [5, 5.41) is 4.46. The maximum absolute atomic E-state index is 12.2. The summed E-state index contributed by atoms with van der Waals surface area (Å²) in [5.41, 5.74) is 4.19. The Morgan fingerprint density at radius 2 is 1.87 bits per heavy atom. The third-order valence-electron chi connectivity index (χ3n) is 4.14. The van der Waals surface area contributed by atoms with Gasteiger partial charge < -0.3 is 10.3 Å². The molecule has 2 N–H and O–H groups in total. The number of hydrogen-bond acceptors (Lipinski definition) is 2. The molecule has 118 valence electrons. The third-order valence-corrected chi connectivity index (χ3v) is 4.14. The highest BCUT2D eigenvalue weighted by atomic mass is 16.1. The van der Waals surface area contributed by atoms with Gasteiger partial charge in [0.1, 0.15) is 0 Å². The van der Waals surface area contributed by atoms with Crippen molar-refractivity contribution in [3.63, 3.8) is 0 Å². The highest BCUT2D eigenvalue weighted by Crippen LogP contribution is 2.14. The van der Waals surface area contributed by atoms with Gasteiger partial charge in [-0.05, 0) is 48.9 Å². The third kappa shape index (κ3) is 3.88. The average molecular weight is 306 g/mol. The van der Waals surface area contributed by atoms with Crippen LogP contribution in [0.3, 0.4) is 0 Å². The van der Waals surface area contributed by atoms with Gasteiger partial charge in [-0.15, -0.1) is 0 Å². The van der Waals surface area contributed by atoms with E-state index in [2.05, 4.69) is 34.6 Å². The lowest BCUT2D eigenvalue weighted by molar-refractivity contribution is 0.646. The van der Waals surface area contributed by atoms with Crippen LogP contribution in [0.1, 0.15) is 23.1 Å². The summed E-state index contributed by atoms with van der Waals surface area (Å²) < 4.78 is 0. The molecule has 0 saturated carbocycles. The molecule has 0 aliphatic carbocycles. The van der Waals surface area contributed by atoms with E-state index in [-0.39, 0.29) is 5.56 Å². The Bertz CT molecular complexity index is 837. The van der Waals surface area contributed by atoms with E-state index in [1.54, 1.807) is 0 Å². The molecule has 0 radical (unpaired) electrons. The topological polar surface area (TPSA) is 44.9 Å². The number of hydrogen-bond donors (Lipinski definition) is 2. The van der Waals surface area contributed by atoms with Gasteiger partial charge in [-0.1, -0.05) is 48.5 Å². The fraction of sp³-hybridized carbons (Fsp3) is 0.250. The minimum atomic E-state index is 0.00218. The van der Waals surface area contributed by atoms with Crippen LogP contribution in [-0.2, 0) is 13.0 Å². The molecule has 0 aliphatic rings. The van der Waals surface area contributed by atoms with Crippen molar-refractivity contribution in [1.82, 2.24) is 10.3 Å². The fourth-order valence-corrected chi connectivity index (χ4v) is 2.85. The predicted octanol–water partition coefficient (Wildman–Crippen LogP) is 3.56. The smallest absolute Gasteiger partial charge is 0.252 e. The van der Waals surface area contributed by atoms with Crippen LogP contribution < -0.4 is 10.9 Å². The Labute approximate surface area is 136 Å². The van der Waals surface area contributed by atoms with E-state index in [0.29, 0.717) is 6.54 Å². The first-order valence-electron chi connectivity index (χ1n) is 8.10. The first-order chi connectivity index (χ1) is 11.2. The largest absolute Gasteiger partial charge is 0.321 e. The second-order valence-electron chi connectivity index (χ2n) is 5.93. The highest BCUT2D eigenvalue weighted by molar-refractivity contribution is 5.81. The van der Waals surface area contributed by atoms with Crippen LogP contribution in [0, 0.1) is 6.92 Å². The van der Waals surface area contributed by atoms with Crippen LogP contribution in [0.15, 0.2) is 59.4 Å². The maximum atomic E-state index is 12.2. The van der Waals surface area contributed by atoms with E-state index in [0.717, 1.165) is 41.4 Å². The normalized spacial score (nSPS) is 11.0.